The third-order valence-electron chi connectivity index (χ3n) is 5.61. The summed E-state index contributed by atoms with van der Waals surface area (Å²) in [6.45, 7) is 8.38. The average molecular weight is 411 g/mol. The lowest BCUT2D eigenvalue weighted by atomic mass is 10.1. The molecule has 152 valence electrons. The Hall–Kier alpha value is -2.54. The van der Waals surface area contributed by atoms with Gasteiger partial charge in [-0.1, -0.05) is 0 Å². The van der Waals surface area contributed by atoms with E-state index in [1.54, 1.807) is 18.2 Å². The maximum absolute atomic E-state index is 13.2. The number of amides is 1. The van der Waals surface area contributed by atoms with Crippen LogP contribution in [0.1, 0.15) is 62.3 Å². The van der Waals surface area contributed by atoms with Crippen molar-refractivity contribution in [2.45, 2.75) is 53.0 Å². The van der Waals surface area contributed by atoms with E-state index >= 15 is 0 Å². The van der Waals surface area contributed by atoms with Crippen molar-refractivity contribution >= 4 is 27.5 Å². The van der Waals surface area contributed by atoms with Crippen LogP contribution in [-0.2, 0) is 6.54 Å². The first-order chi connectivity index (χ1) is 13.8. The monoisotopic (exact) mass is 410 g/mol. The summed E-state index contributed by atoms with van der Waals surface area (Å²) in [6.07, 6.45) is 4.12. The minimum atomic E-state index is -0.0152. The molecule has 6 nitrogen and oxygen atoms in total. The van der Waals surface area contributed by atoms with Gasteiger partial charge in [0.15, 0.2) is 0 Å². The largest absolute Gasteiger partial charge is 0.496 e. The number of aryl methyl sites for hydroxylation is 3. The molecule has 1 amide bonds. The third-order valence-corrected chi connectivity index (χ3v) is 6.78. The Bertz CT molecular complexity index is 1120. The molecular weight excluding hydrogens is 384 g/mol. The zero-order chi connectivity index (χ0) is 20.9. The number of fused-ring (bicyclic) bond motifs is 1. The van der Waals surface area contributed by atoms with E-state index in [0.29, 0.717) is 12.5 Å². The van der Waals surface area contributed by atoms with Gasteiger partial charge in [0.1, 0.15) is 16.4 Å². The SMILES string of the molecule is COc1c(C)cnc(CN(C)C(=O)c2sc3nc(C4CC4)nc(C)c3c2C)c1C. The minimum absolute atomic E-state index is 0.0152. The van der Waals surface area contributed by atoms with Crippen LogP contribution >= 0.6 is 11.3 Å². The number of hydrogen-bond acceptors (Lipinski definition) is 6. The number of ether oxygens (including phenoxy) is 1. The first kappa shape index (κ1) is 19.8. The molecule has 0 N–H and O–H groups in total. The zero-order valence-electron chi connectivity index (χ0n) is 17.8. The molecule has 0 aromatic carbocycles. The van der Waals surface area contributed by atoms with Crippen molar-refractivity contribution < 1.29 is 9.53 Å². The number of rotatable bonds is 5. The van der Waals surface area contributed by atoms with Crippen LogP contribution in [-0.4, -0.2) is 39.9 Å². The molecule has 1 aliphatic rings. The Morgan fingerprint density at radius 2 is 1.93 bits per heavy atom. The first-order valence-electron chi connectivity index (χ1n) is 9.84. The second-order valence-corrected chi connectivity index (χ2v) is 8.88. The van der Waals surface area contributed by atoms with Crippen LogP contribution in [0.3, 0.4) is 0 Å². The van der Waals surface area contributed by atoms with Gasteiger partial charge in [0.25, 0.3) is 5.91 Å². The van der Waals surface area contributed by atoms with Crippen molar-refractivity contribution in [2.24, 2.45) is 0 Å². The number of methoxy groups -OCH3 is 1. The first-order valence-corrected chi connectivity index (χ1v) is 10.7. The second kappa shape index (κ2) is 7.37. The fourth-order valence-corrected chi connectivity index (χ4v) is 5.02. The molecule has 3 aromatic heterocycles. The van der Waals surface area contributed by atoms with Crippen LogP contribution in [0.25, 0.3) is 10.2 Å². The van der Waals surface area contributed by atoms with Gasteiger partial charge in [-0.2, -0.15) is 0 Å². The predicted octanol–water partition coefficient (Wildman–Crippen LogP) is 4.48. The van der Waals surface area contributed by atoms with Gasteiger partial charge < -0.3 is 9.64 Å². The minimum Gasteiger partial charge on any atom is -0.496 e. The van der Waals surface area contributed by atoms with Gasteiger partial charge in [-0.25, -0.2) is 9.97 Å². The van der Waals surface area contributed by atoms with E-state index in [2.05, 4.69) is 4.98 Å². The van der Waals surface area contributed by atoms with Crippen molar-refractivity contribution in [3.63, 3.8) is 0 Å². The van der Waals surface area contributed by atoms with Crippen molar-refractivity contribution in [3.05, 3.63) is 45.0 Å². The summed E-state index contributed by atoms with van der Waals surface area (Å²) in [4.78, 5) is 30.6. The summed E-state index contributed by atoms with van der Waals surface area (Å²) in [5.74, 6) is 2.23. The van der Waals surface area contributed by atoms with E-state index in [1.165, 1.54) is 11.3 Å². The fourth-order valence-electron chi connectivity index (χ4n) is 3.79. The van der Waals surface area contributed by atoms with E-state index in [1.807, 2.05) is 34.7 Å². The number of carbonyl (C=O) groups is 1. The van der Waals surface area contributed by atoms with E-state index in [4.69, 9.17) is 14.7 Å². The Morgan fingerprint density at radius 1 is 1.21 bits per heavy atom. The van der Waals surface area contributed by atoms with Crippen LogP contribution in [0.15, 0.2) is 6.20 Å². The quantitative estimate of drug-likeness (QED) is 0.620. The standard InChI is InChI=1S/C22H26N4O2S/c1-11-9-23-16(12(2)18(11)28-6)10-26(5)22(27)19-13(3)17-14(4)24-20(15-7-8-15)25-21(17)29-19/h9,15H,7-8,10H2,1-6H3. The molecule has 0 saturated heterocycles. The molecule has 0 unspecified atom stereocenters. The van der Waals surface area contributed by atoms with Gasteiger partial charge in [-0.3, -0.25) is 9.78 Å². The van der Waals surface area contributed by atoms with Crippen LogP contribution in [0.5, 0.6) is 5.75 Å². The Kier molecular flexibility index (Phi) is 5.02. The molecule has 1 aliphatic carbocycles. The second-order valence-electron chi connectivity index (χ2n) is 7.89. The molecular formula is C22H26N4O2S. The molecule has 29 heavy (non-hydrogen) atoms. The van der Waals surface area contributed by atoms with Gasteiger partial charge in [-0.05, 0) is 46.1 Å². The van der Waals surface area contributed by atoms with Crippen LogP contribution < -0.4 is 4.74 Å². The number of pyridine rings is 1. The summed E-state index contributed by atoms with van der Waals surface area (Å²) in [5.41, 5.74) is 4.73. The molecule has 4 rings (SSSR count). The van der Waals surface area contributed by atoms with E-state index in [0.717, 1.165) is 67.6 Å². The highest BCUT2D eigenvalue weighted by molar-refractivity contribution is 7.20. The summed E-state index contributed by atoms with van der Waals surface area (Å²) in [7, 11) is 3.47. The summed E-state index contributed by atoms with van der Waals surface area (Å²) >= 11 is 1.47. The highest BCUT2D eigenvalue weighted by Gasteiger charge is 2.29. The van der Waals surface area contributed by atoms with Crippen LogP contribution in [0, 0.1) is 27.7 Å². The molecule has 0 bridgehead atoms. The fraction of sp³-hybridized carbons (Fsp3) is 0.455. The lowest BCUT2D eigenvalue weighted by Gasteiger charge is -2.19. The molecule has 1 fully saturated rings. The highest BCUT2D eigenvalue weighted by Crippen LogP contribution is 2.40. The normalized spacial score (nSPS) is 13.7. The molecule has 0 aliphatic heterocycles. The van der Waals surface area contributed by atoms with Crippen molar-refractivity contribution in [1.82, 2.24) is 19.9 Å². The Labute approximate surface area is 175 Å². The topological polar surface area (TPSA) is 68.2 Å². The molecule has 3 aromatic rings. The van der Waals surface area contributed by atoms with Gasteiger partial charge in [-0.15, -0.1) is 11.3 Å². The molecule has 1 saturated carbocycles. The van der Waals surface area contributed by atoms with Crippen molar-refractivity contribution in [1.29, 1.82) is 0 Å². The molecule has 0 spiro atoms. The van der Waals surface area contributed by atoms with Gasteiger partial charge in [0, 0.05) is 35.7 Å². The van der Waals surface area contributed by atoms with Crippen LogP contribution in [0.4, 0.5) is 0 Å². The lowest BCUT2D eigenvalue weighted by Crippen LogP contribution is -2.27. The third kappa shape index (κ3) is 3.48. The van der Waals surface area contributed by atoms with E-state index in [-0.39, 0.29) is 5.91 Å². The molecule has 0 atom stereocenters. The van der Waals surface area contributed by atoms with E-state index in [9.17, 15) is 4.79 Å². The van der Waals surface area contributed by atoms with E-state index < -0.39 is 0 Å². The van der Waals surface area contributed by atoms with Gasteiger partial charge in [0.2, 0.25) is 0 Å². The molecule has 3 heterocycles. The Balaban J connectivity index is 1.65. The van der Waals surface area contributed by atoms with Crippen LogP contribution in [0.2, 0.25) is 0 Å². The number of aromatic nitrogens is 3. The smallest absolute Gasteiger partial charge is 0.264 e. The Morgan fingerprint density at radius 3 is 2.59 bits per heavy atom. The molecule has 7 heteroatoms. The number of thiophene rings is 1. The summed E-state index contributed by atoms with van der Waals surface area (Å²) in [6, 6.07) is 0. The zero-order valence-corrected chi connectivity index (χ0v) is 18.6. The van der Waals surface area contributed by atoms with Gasteiger partial charge >= 0.3 is 0 Å². The maximum atomic E-state index is 13.2. The van der Waals surface area contributed by atoms with Crippen molar-refractivity contribution in [3.8, 4) is 5.75 Å². The number of carbonyl (C=O) groups excluding carboxylic acids is 1. The number of hydrogen-bond donors (Lipinski definition) is 0. The highest BCUT2D eigenvalue weighted by atomic mass is 32.1. The van der Waals surface area contributed by atoms with Gasteiger partial charge in [0.05, 0.1) is 29.9 Å². The molecule has 0 radical (unpaired) electrons. The maximum Gasteiger partial charge on any atom is 0.264 e. The average Bonchev–Trinajstić information content (AvgIpc) is 3.48. The lowest BCUT2D eigenvalue weighted by molar-refractivity contribution is 0.0787. The summed E-state index contributed by atoms with van der Waals surface area (Å²) in [5, 5.41) is 1.02. The predicted molar refractivity (Wildman–Crippen MR) is 115 cm³/mol. The summed E-state index contributed by atoms with van der Waals surface area (Å²) < 4.78 is 5.49. The number of nitrogens with zero attached hydrogens (tertiary/aromatic N) is 4. The van der Waals surface area contributed by atoms with Crippen molar-refractivity contribution in [2.75, 3.05) is 14.2 Å².